The maximum Gasteiger partial charge on any atom is 0.318 e. The van der Waals surface area contributed by atoms with E-state index in [1.807, 2.05) is 0 Å². The Labute approximate surface area is 122 Å². The van der Waals surface area contributed by atoms with Gasteiger partial charge in [0.15, 0.2) is 0 Å². The van der Waals surface area contributed by atoms with Crippen molar-refractivity contribution in [1.29, 1.82) is 0 Å². The van der Waals surface area contributed by atoms with Crippen LogP contribution in [0.2, 0.25) is 0 Å². The van der Waals surface area contributed by atoms with Crippen molar-refractivity contribution in [3.05, 3.63) is 24.3 Å². The van der Waals surface area contributed by atoms with Crippen LogP contribution in [0.1, 0.15) is 0 Å². The van der Waals surface area contributed by atoms with E-state index in [0.717, 1.165) is 23.7 Å². The molecule has 108 valence electrons. The molecule has 1 aromatic carbocycles. The second kappa shape index (κ2) is 7.16. The molecule has 3 amide bonds. The van der Waals surface area contributed by atoms with Crippen LogP contribution >= 0.6 is 11.8 Å². The highest BCUT2D eigenvalue weighted by Gasteiger charge is 2.20. The number of anilines is 2. The maximum absolute atomic E-state index is 12.0. The summed E-state index contributed by atoms with van der Waals surface area (Å²) < 4.78 is 0. The van der Waals surface area contributed by atoms with Gasteiger partial charge in [0.25, 0.3) is 0 Å². The summed E-state index contributed by atoms with van der Waals surface area (Å²) >= 11 is 1.78. The zero-order chi connectivity index (χ0) is 14.4. The molecule has 1 heterocycles. The minimum absolute atomic E-state index is 0.0239. The van der Waals surface area contributed by atoms with Crippen LogP contribution in [-0.2, 0) is 4.79 Å². The zero-order valence-electron chi connectivity index (χ0n) is 11.2. The fourth-order valence-corrected chi connectivity index (χ4v) is 2.73. The predicted octanol–water partition coefficient (Wildman–Crippen LogP) is 1.08. The van der Waals surface area contributed by atoms with Gasteiger partial charge in [-0.05, 0) is 24.3 Å². The van der Waals surface area contributed by atoms with Crippen molar-refractivity contribution in [2.45, 2.75) is 6.04 Å². The summed E-state index contributed by atoms with van der Waals surface area (Å²) in [7, 11) is 1.55. The van der Waals surface area contributed by atoms with Gasteiger partial charge in [-0.25, -0.2) is 4.79 Å². The average Bonchev–Trinajstić information content (AvgIpc) is 2.50. The molecule has 4 N–H and O–H groups in total. The fourth-order valence-electron chi connectivity index (χ4n) is 1.79. The van der Waals surface area contributed by atoms with Crippen molar-refractivity contribution in [2.24, 2.45) is 0 Å². The highest BCUT2D eigenvalue weighted by Crippen LogP contribution is 2.15. The summed E-state index contributed by atoms with van der Waals surface area (Å²) in [4.78, 5) is 23.2. The van der Waals surface area contributed by atoms with Crippen molar-refractivity contribution in [3.63, 3.8) is 0 Å². The van der Waals surface area contributed by atoms with Crippen molar-refractivity contribution < 1.29 is 9.59 Å². The lowest BCUT2D eigenvalue weighted by molar-refractivity contribution is -0.117. The SMILES string of the molecule is CNC(=O)Nc1ccc(NC(=O)C2CSCCN2)cc1. The van der Waals surface area contributed by atoms with Crippen LogP contribution in [-0.4, -0.2) is 43.1 Å². The molecule has 6 nitrogen and oxygen atoms in total. The lowest BCUT2D eigenvalue weighted by Gasteiger charge is -2.22. The summed E-state index contributed by atoms with van der Waals surface area (Å²) in [5, 5.41) is 11.2. The minimum atomic E-state index is -0.273. The topological polar surface area (TPSA) is 82.3 Å². The summed E-state index contributed by atoms with van der Waals surface area (Å²) in [6.07, 6.45) is 0. The highest BCUT2D eigenvalue weighted by molar-refractivity contribution is 7.99. The van der Waals surface area contributed by atoms with E-state index in [1.165, 1.54) is 0 Å². The van der Waals surface area contributed by atoms with Crippen molar-refractivity contribution in [3.8, 4) is 0 Å². The van der Waals surface area contributed by atoms with E-state index in [2.05, 4.69) is 21.3 Å². The number of rotatable bonds is 3. The van der Waals surface area contributed by atoms with E-state index in [9.17, 15) is 9.59 Å². The van der Waals surface area contributed by atoms with Crippen molar-refractivity contribution in [1.82, 2.24) is 10.6 Å². The Hall–Kier alpha value is -1.73. The first kappa shape index (κ1) is 14.7. The van der Waals surface area contributed by atoms with E-state index >= 15 is 0 Å². The number of amides is 3. The fraction of sp³-hybridized carbons (Fsp3) is 0.385. The number of carbonyl (C=O) groups is 2. The van der Waals surface area contributed by atoms with E-state index < -0.39 is 0 Å². The predicted molar refractivity (Wildman–Crippen MR) is 82.3 cm³/mol. The second-order valence-corrected chi connectivity index (χ2v) is 5.50. The summed E-state index contributed by atoms with van der Waals surface area (Å²) in [6.45, 7) is 0.859. The molecule has 0 radical (unpaired) electrons. The average molecular weight is 294 g/mol. The van der Waals surface area contributed by atoms with E-state index in [1.54, 1.807) is 43.1 Å². The third kappa shape index (κ3) is 4.14. The first-order valence-electron chi connectivity index (χ1n) is 6.40. The largest absolute Gasteiger partial charge is 0.341 e. The second-order valence-electron chi connectivity index (χ2n) is 4.35. The van der Waals surface area contributed by atoms with Crippen LogP contribution in [0.25, 0.3) is 0 Å². The molecule has 0 aliphatic carbocycles. The number of thioether (sulfide) groups is 1. The Morgan fingerprint density at radius 1 is 1.20 bits per heavy atom. The van der Waals surface area contributed by atoms with Gasteiger partial charge in [0, 0.05) is 36.5 Å². The number of benzene rings is 1. The van der Waals surface area contributed by atoms with Crippen LogP contribution in [0, 0.1) is 0 Å². The number of urea groups is 1. The Bertz CT molecular complexity index is 472. The highest BCUT2D eigenvalue weighted by atomic mass is 32.2. The molecular weight excluding hydrogens is 276 g/mol. The molecule has 0 spiro atoms. The Morgan fingerprint density at radius 2 is 1.85 bits per heavy atom. The first-order valence-corrected chi connectivity index (χ1v) is 7.55. The van der Waals surface area contributed by atoms with Crippen LogP contribution in [0.3, 0.4) is 0 Å². The lowest BCUT2D eigenvalue weighted by Crippen LogP contribution is -2.46. The van der Waals surface area contributed by atoms with Crippen LogP contribution in [0.5, 0.6) is 0 Å². The Morgan fingerprint density at radius 3 is 2.40 bits per heavy atom. The molecule has 1 aliphatic heterocycles. The summed E-state index contributed by atoms with van der Waals surface area (Å²) in [6, 6.07) is 6.60. The number of hydrogen-bond acceptors (Lipinski definition) is 4. The third-order valence-corrected chi connectivity index (χ3v) is 3.94. The van der Waals surface area contributed by atoms with Gasteiger partial charge < -0.3 is 21.3 Å². The monoisotopic (exact) mass is 294 g/mol. The molecule has 1 unspecified atom stereocenters. The van der Waals surface area contributed by atoms with Gasteiger partial charge in [0.05, 0.1) is 6.04 Å². The van der Waals surface area contributed by atoms with Gasteiger partial charge in [0.1, 0.15) is 0 Å². The maximum atomic E-state index is 12.0. The van der Waals surface area contributed by atoms with Crippen molar-refractivity contribution >= 4 is 35.1 Å². The van der Waals surface area contributed by atoms with Crippen LogP contribution in [0.4, 0.5) is 16.2 Å². The van der Waals surface area contributed by atoms with Gasteiger partial charge in [-0.15, -0.1) is 0 Å². The third-order valence-electron chi connectivity index (χ3n) is 2.88. The molecule has 7 heteroatoms. The number of carbonyl (C=O) groups excluding carboxylic acids is 2. The molecule has 1 saturated heterocycles. The Balaban J connectivity index is 1.89. The number of hydrogen-bond donors (Lipinski definition) is 4. The molecule has 1 atom stereocenters. The van der Waals surface area contributed by atoms with Crippen LogP contribution < -0.4 is 21.3 Å². The van der Waals surface area contributed by atoms with Gasteiger partial charge in [-0.2, -0.15) is 11.8 Å². The van der Waals surface area contributed by atoms with Gasteiger partial charge >= 0.3 is 6.03 Å². The van der Waals surface area contributed by atoms with Gasteiger partial charge in [0.2, 0.25) is 5.91 Å². The molecule has 1 aromatic rings. The molecule has 2 rings (SSSR count). The van der Waals surface area contributed by atoms with E-state index in [4.69, 9.17) is 0 Å². The van der Waals surface area contributed by atoms with Crippen molar-refractivity contribution in [2.75, 3.05) is 35.7 Å². The molecular formula is C13H18N4O2S. The molecule has 0 aromatic heterocycles. The molecule has 0 saturated carbocycles. The standard InChI is InChI=1S/C13H18N4O2S/c1-14-13(19)17-10-4-2-9(3-5-10)16-12(18)11-8-20-7-6-15-11/h2-5,11,15H,6-8H2,1H3,(H,16,18)(H2,14,17,19). The number of nitrogens with one attached hydrogen (secondary N) is 4. The molecule has 1 fully saturated rings. The first-order chi connectivity index (χ1) is 9.69. The molecule has 1 aliphatic rings. The lowest BCUT2D eigenvalue weighted by atomic mass is 10.2. The molecule has 0 bridgehead atoms. The van der Waals surface area contributed by atoms with Gasteiger partial charge in [-0.3, -0.25) is 4.79 Å². The smallest absolute Gasteiger partial charge is 0.318 e. The molecule has 20 heavy (non-hydrogen) atoms. The van der Waals surface area contributed by atoms with Gasteiger partial charge in [-0.1, -0.05) is 0 Å². The quantitative estimate of drug-likeness (QED) is 0.672. The van der Waals surface area contributed by atoms with E-state index in [-0.39, 0.29) is 18.0 Å². The Kier molecular flexibility index (Phi) is 5.25. The van der Waals surface area contributed by atoms with Crippen LogP contribution in [0.15, 0.2) is 24.3 Å². The minimum Gasteiger partial charge on any atom is -0.341 e. The summed E-state index contributed by atoms with van der Waals surface area (Å²) in [5.41, 5.74) is 1.39. The van der Waals surface area contributed by atoms with E-state index in [0.29, 0.717) is 5.69 Å². The summed E-state index contributed by atoms with van der Waals surface area (Å²) in [5.74, 6) is 1.82. The zero-order valence-corrected chi connectivity index (χ0v) is 12.0. The normalized spacial score (nSPS) is 18.1.